The van der Waals surface area contributed by atoms with Gasteiger partial charge in [-0.3, -0.25) is 4.79 Å². The Balaban J connectivity index is 1.66. The minimum atomic E-state index is -3.03. The van der Waals surface area contributed by atoms with Crippen LogP contribution in [0, 0.1) is 6.92 Å². The van der Waals surface area contributed by atoms with E-state index in [9.17, 15) is 13.2 Å². The van der Waals surface area contributed by atoms with Gasteiger partial charge in [0, 0.05) is 31.4 Å². The second-order valence-corrected chi connectivity index (χ2v) is 8.97. The van der Waals surface area contributed by atoms with Crippen molar-refractivity contribution < 1.29 is 13.2 Å². The van der Waals surface area contributed by atoms with E-state index in [1.165, 1.54) is 10.5 Å². The lowest BCUT2D eigenvalue weighted by Crippen LogP contribution is -2.37. The molecular weight excluding hydrogens is 350 g/mol. The molecule has 0 bridgehead atoms. The summed E-state index contributed by atoms with van der Waals surface area (Å²) in [5, 5.41) is 3.22. The summed E-state index contributed by atoms with van der Waals surface area (Å²) in [7, 11) is -1.36. The van der Waals surface area contributed by atoms with Gasteiger partial charge < -0.3 is 10.2 Å². The summed E-state index contributed by atoms with van der Waals surface area (Å²) >= 11 is 0. The number of pyridine rings is 1. The highest BCUT2D eigenvalue weighted by Gasteiger charge is 2.33. The van der Waals surface area contributed by atoms with E-state index in [4.69, 9.17) is 0 Å². The van der Waals surface area contributed by atoms with Crippen molar-refractivity contribution in [3.8, 4) is 0 Å². The maximum Gasteiger partial charge on any atom is 0.254 e. The zero-order chi connectivity index (χ0) is 18.7. The van der Waals surface area contributed by atoms with Gasteiger partial charge in [0.2, 0.25) is 0 Å². The van der Waals surface area contributed by atoms with Gasteiger partial charge in [-0.05, 0) is 31.0 Å². The Morgan fingerprint density at radius 1 is 1.27 bits per heavy atom. The van der Waals surface area contributed by atoms with Crippen molar-refractivity contribution in [1.29, 1.82) is 0 Å². The van der Waals surface area contributed by atoms with Crippen LogP contribution in [0.2, 0.25) is 0 Å². The van der Waals surface area contributed by atoms with Crippen molar-refractivity contribution in [2.75, 3.05) is 23.9 Å². The Hall–Kier alpha value is -2.41. The molecule has 1 amide bonds. The molecule has 1 atom stereocenters. The Bertz CT molecular complexity index is 895. The van der Waals surface area contributed by atoms with Crippen LogP contribution in [-0.4, -0.2) is 48.8 Å². The summed E-state index contributed by atoms with van der Waals surface area (Å²) in [5.74, 6) is 0.616. The molecule has 1 aromatic heterocycles. The molecular formula is C19H23N3O3S. The first-order valence-corrected chi connectivity index (χ1v) is 10.4. The number of rotatable bonds is 5. The molecule has 0 radical (unpaired) electrons. The zero-order valence-corrected chi connectivity index (χ0v) is 15.8. The first-order chi connectivity index (χ1) is 12.3. The van der Waals surface area contributed by atoms with E-state index >= 15 is 0 Å². The van der Waals surface area contributed by atoms with Crippen LogP contribution in [0.25, 0.3) is 0 Å². The second-order valence-electron chi connectivity index (χ2n) is 6.74. The highest BCUT2D eigenvalue weighted by molar-refractivity contribution is 7.91. The number of hydrogen-bond donors (Lipinski definition) is 1. The molecule has 1 saturated heterocycles. The molecule has 1 aliphatic rings. The van der Waals surface area contributed by atoms with E-state index in [-0.39, 0.29) is 23.5 Å². The van der Waals surface area contributed by atoms with Gasteiger partial charge in [0.15, 0.2) is 9.84 Å². The SMILES string of the molecule is Cc1ccc(CNc2cc(C(=O)N(C)C3CCS(=O)(=O)C3)ccn2)cc1. The summed E-state index contributed by atoms with van der Waals surface area (Å²) in [6.07, 6.45) is 2.08. The van der Waals surface area contributed by atoms with E-state index in [0.717, 1.165) is 5.56 Å². The molecule has 1 unspecified atom stereocenters. The Morgan fingerprint density at radius 3 is 2.65 bits per heavy atom. The van der Waals surface area contributed by atoms with Crippen LogP contribution in [0.15, 0.2) is 42.6 Å². The number of amides is 1. The molecule has 1 aromatic carbocycles. The monoisotopic (exact) mass is 373 g/mol. The summed E-state index contributed by atoms with van der Waals surface area (Å²) < 4.78 is 23.3. The van der Waals surface area contributed by atoms with Crippen molar-refractivity contribution in [1.82, 2.24) is 9.88 Å². The molecule has 1 N–H and O–H groups in total. The molecule has 2 aromatic rings. The van der Waals surface area contributed by atoms with Gasteiger partial charge in [-0.25, -0.2) is 13.4 Å². The van der Waals surface area contributed by atoms with E-state index in [1.807, 2.05) is 19.1 Å². The topological polar surface area (TPSA) is 79.4 Å². The molecule has 0 spiro atoms. The van der Waals surface area contributed by atoms with E-state index in [0.29, 0.717) is 24.3 Å². The predicted molar refractivity (Wildman–Crippen MR) is 102 cm³/mol. The van der Waals surface area contributed by atoms with Crippen LogP contribution >= 0.6 is 0 Å². The van der Waals surface area contributed by atoms with Crippen LogP contribution in [0.5, 0.6) is 0 Å². The number of aromatic nitrogens is 1. The molecule has 0 saturated carbocycles. The fourth-order valence-corrected chi connectivity index (χ4v) is 4.78. The molecule has 1 aliphatic heterocycles. The van der Waals surface area contributed by atoms with Crippen LogP contribution in [0.3, 0.4) is 0 Å². The third kappa shape index (κ3) is 4.40. The highest BCUT2D eigenvalue weighted by Crippen LogP contribution is 2.19. The maximum atomic E-state index is 12.7. The van der Waals surface area contributed by atoms with Crippen LogP contribution in [0.4, 0.5) is 5.82 Å². The third-order valence-electron chi connectivity index (χ3n) is 4.68. The van der Waals surface area contributed by atoms with Gasteiger partial charge in [0.05, 0.1) is 11.5 Å². The Morgan fingerprint density at radius 2 is 2.00 bits per heavy atom. The van der Waals surface area contributed by atoms with Crippen molar-refractivity contribution >= 4 is 21.6 Å². The summed E-state index contributed by atoms with van der Waals surface area (Å²) in [5.41, 5.74) is 2.83. The fourth-order valence-electron chi connectivity index (χ4n) is 3.01. The largest absolute Gasteiger partial charge is 0.366 e. The van der Waals surface area contributed by atoms with Crippen molar-refractivity contribution in [3.05, 3.63) is 59.3 Å². The lowest BCUT2D eigenvalue weighted by atomic mass is 10.1. The van der Waals surface area contributed by atoms with Crippen molar-refractivity contribution in [2.24, 2.45) is 0 Å². The Labute approximate surface area is 154 Å². The molecule has 6 nitrogen and oxygen atoms in total. The minimum absolute atomic E-state index is 0.0405. The van der Waals surface area contributed by atoms with E-state index in [1.54, 1.807) is 25.4 Å². The van der Waals surface area contributed by atoms with Crippen LogP contribution in [0.1, 0.15) is 27.9 Å². The third-order valence-corrected chi connectivity index (χ3v) is 6.43. The van der Waals surface area contributed by atoms with Crippen molar-refractivity contribution in [2.45, 2.75) is 25.9 Å². The lowest BCUT2D eigenvalue weighted by Gasteiger charge is -2.23. The molecule has 2 heterocycles. The van der Waals surface area contributed by atoms with E-state index < -0.39 is 9.84 Å². The molecule has 26 heavy (non-hydrogen) atoms. The lowest BCUT2D eigenvalue weighted by molar-refractivity contribution is 0.0747. The van der Waals surface area contributed by atoms with Crippen LogP contribution in [-0.2, 0) is 16.4 Å². The van der Waals surface area contributed by atoms with Crippen LogP contribution < -0.4 is 5.32 Å². The van der Waals surface area contributed by atoms with Gasteiger partial charge in [0.25, 0.3) is 5.91 Å². The molecule has 138 valence electrons. The molecule has 1 fully saturated rings. The van der Waals surface area contributed by atoms with Gasteiger partial charge in [-0.2, -0.15) is 0 Å². The summed E-state index contributed by atoms with van der Waals surface area (Å²) in [4.78, 5) is 18.5. The Kier molecular flexibility index (Phi) is 5.27. The minimum Gasteiger partial charge on any atom is -0.366 e. The molecule has 3 rings (SSSR count). The number of carbonyl (C=O) groups excluding carboxylic acids is 1. The summed E-state index contributed by atoms with van der Waals surface area (Å²) in [6.45, 7) is 2.65. The van der Waals surface area contributed by atoms with Crippen molar-refractivity contribution in [3.63, 3.8) is 0 Å². The smallest absolute Gasteiger partial charge is 0.254 e. The number of hydrogen-bond acceptors (Lipinski definition) is 5. The maximum absolute atomic E-state index is 12.7. The quantitative estimate of drug-likeness (QED) is 0.870. The molecule has 0 aliphatic carbocycles. The predicted octanol–water partition coefficient (Wildman–Crippen LogP) is 2.26. The average molecular weight is 373 g/mol. The van der Waals surface area contributed by atoms with Gasteiger partial charge in [-0.15, -0.1) is 0 Å². The van der Waals surface area contributed by atoms with Gasteiger partial charge in [-0.1, -0.05) is 29.8 Å². The van der Waals surface area contributed by atoms with Gasteiger partial charge >= 0.3 is 0 Å². The first-order valence-electron chi connectivity index (χ1n) is 8.57. The summed E-state index contributed by atoms with van der Waals surface area (Å²) in [6, 6.07) is 11.3. The number of aryl methyl sites for hydroxylation is 1. The number of sulfone groups is 1. The standard InChI is InChI=1S/C19H23N3O3S/c1-14-3-5-15(6-4-14)12-21-18-11-16(7-9-20-18)19(23)22(2)17-8-10-26(24,25)13-17/h3-7,9,11,17H,8,10,12-13H2,1-2H3,(H,20,21). The average Bonchev–Trinajstić information content (AvgIpc) is 3.00. The molecule has 7 heteroatoms. The number of anilines is 1. The fraction of sp³-hybridized carbons (Fsp3) is 0.368. The number of benzene rings is 1. The highest BCUT2D eigenvalue weighted by atomic mass is 32.2. The number of nitrogens with one attached hydrogen (secondary N) is 1. The van der Waals surface area contributed by atoms with E-state index in [2.05, 4.69) is 22.4 Å². The zero-order valence-electron chi connectivity index (χ0n) is 15.0. The second kappa shape index (κ2) is 7.45. The number of nitrogens with zero attached hydrogens (tertiary/aromatic N) is 2. The first kappa shape index (κ1) is 18.4. The van der Waals surface area contributed by atoms with Gasteiger partial charge in [0.1, 0.15) is 5.82 Å². The number of carbonyl (C=O) groups is 1. The normalized spacial score (nSPS) is 18.5.